The highest BCUT2D eigenvalue weighted by molar-refractivity contribution is 5.71. The Balaban J connectivity index is 1.72. The Morgan fingerprint density at radius 2 is 2.35 bits per heavy atom. The summed E-state index contributed by atoms with van der Waals surface area (Å²) in [5.41, 5.74) is 3.38. The van der Waals surface area contributed by atoms with Gasteiger partial charge in [0.15, 0.2) is 0 Å². The smallest absolute Gasteiger partial charge is 0.129 e. The Morgan fingerprint density at radius 1 is 1.48 bits per heavy atom. The van der Waals surface area contributed by atoms with Crippen LogP contribution in [0.4, 0.5) is 5.82 Å². The first-order valence-electron chi connectivity index (χ1n) is 8.07. The minimum atomic E-state index is -0.189. The Labute approximate surface area is 135 Å². The lowest BCUT2D eigenvalue weighted by molar-refractivity contribution is 0.160. The molecule has 0 amide bonds. The van der Waals surface area contributed by atoms with E-state index in [1.165, 1.54) is 11.1 Å². The molecule has 1 fully saturated rings. The van der Waals surface area contributed by atoms with Crippen LogP contribution in [0.2, 0.25) is 0 Å². The first-order valence-corrected chi connectivity index (χ1v) is 8.07. The highest BCUT2D eigenvalue weighted by Gasteiger charge is 2.39. The van der Waals surface area contributed by atoms with Gasteiger partial charge in [-0.25, -0.2) is 4.98 Å². The largest absolute Gasteiger partial charge is 0.370 e. The summed E-state index contributed by atoms with van der Waals surface area (Å²) in [6, 6.07) is 4.36. The molecule has 4 rings (SSSR count). The summed E-state index contributed by atoms with van der Waals surface area (Å²) in [5, 5.41) is 20.3. The van der Waals surface area contributed by atoms with Gasteiger partial charge in [-0.1, -0.05) is 6.92 Å². The number of pyridine rings is 1. The van der Waals surface area contributed by atoms with Crippen molar-refractivity contribution >= 4 is 5.82 Å². The topological polar surface area (TPSA) is 78.6 Å². The van der Waals surface area contributed by atoms with E-state index < -0.39 is 0 Å². The maximum atomic E-state index is 9.10. The molecule has 0 radical (unpaired) electrons. The summed E-state index contributed by atoms with van der Waals surface area (Å²) in [4.78, 5) is 4.46. The van der Waals surface area contributed by atoms with Gasteiger partial charge in [0.05, 0.1) is 18.7 Å². The Bertz CT molecular complexity index is 768. The molecular weight excluding hydrogens is 288 g/mol. The van der Waals surface area contributed by atoms with Crippen molar-refractivity contribution in [2.75, 3.05) is 25.0 Å². The second kappa shape index (κ2) is 5.36. The van der Waals surface area contributed by atoms with E-state index in [1.807, 2.05) is 17.1 Å². The monoisotopic (exact) mass is 308 g/mol. The lowest BCUT2D eigenvalue weighted by atomic mass is 9.89. The van der Waals surface area contributed by atoms with Gasteiger partial charge in [-0.05, 0) is 24.0 Å². The molecule has 2 aliphatic heterocycles. The van der Waals surface area contributed by atoms with Gasteiger partial charge < -0.3 is 10.6 Å². The van der Waals surface area contributed by atoms with Crippen LogP contribution in [0.1, 0.15) is 18.9 Å². The first-order chi connectivity index (χ1) is 11.2. The van der Waals surface area contributed by atoms with Crippen LogP contribution in [0, 0.1) is 17.2 Å². The first kappa shape index (κ1) is 14.2. The molecule has 0 bridgehead atoms. The number of aromatic nitrogens is 3. The third-order valence-electron chi connectivity index (χ3n) is 4.92. The van der Waals surface area contributed by atoms with Crippen molar-refractivity contribution in [3.8, 4) is 17.2 Å². The molecule has 6 nitrogen and oxygen atoms in total. The van der Waals surface area contributed by atoms with E-state index >= 15 is 0 Å². The number of fused-ring (bicyclic) bond motifs is 1. The van der Waals surface area contributed by atoms with Gasteiger partial charge in [0.25, 0.3) is 0 Å². The molecule has 2 aromatic rings. The van der Waals surface area contributed by atoms with Crippen molar-refractivity contribution in [3.63, 3.8) is 0 Å². The van der Waals surface area contributed by atoms with Crippen LogP contribution in [-0.4, -0.2) is 34.4 Å². The van der Waals surface area contributed by atoms with Gasteiger partial charge in [0.1, 0.15) is 11.4 Å². The molecule has 0 saturated carbocycles. The van der Waals surface area contributed by atoms with E-state index in [9.17, 15) is 0 Å². The summed E-state index contributed by atoms with van der Waals surface area (Å²) in [6.07, 6.45) is 7.35. The maximum Gasteiger partial charge on any atom is 0.129 e. The van der Waals surface area contributed by atoms with E-state index in [0.29, 0.717) is 12.3 Å². The number of hydrogen-bond donors (Lipinski definition) is 2. The Morgan fingerprint density at radius 3 is 3.09 bits per heavy atom. The predicted octanol–water partition coefficient (Wildman–Crippen LogP) is 1.76. The standard InChI is InChI=1S/C17H20N6/c1-12-6-15-14(2-5-20-16(15)21-7-12)13-8-22-23(9-13)17(3-4-18)10-19-11-17/h2,5,8-9,12,19H,3,6-7,10-11H2,1H3,(H,20,21). The van der Waals surface area contributed by atoms with Gasteiger partial charge >= 0.3 is 0 Å². The summed E-state index contributed by atoms with van der Waals surface area (Å²) >= 11 is 0. The molecule has 0 spiro atoms. The van der Waals surface area contributed by atoms with Crippen molar-refractivity contribution in [1.82, 2.24) is 20.1 Å². The second-order valence-corrected chi connectivity index (χ2v) is 6.71. The van der Waals surface area contributed by atoms with Crippen molar-refractivity contribution in [3.05, 3.63) is 30.2 Å². The third kappa shape index (κ3) is 2.28. The van der Waals surface area contributed by atoms with E-state index in [0.717, 1.165) is 37.4 Å². The van der Waals surface area contributed by atoms with Crippen molar-refractivity contribution in [1.29, 1.82) is 5.26 Å². The summed E-state index contributed by atoms with van der Waals surface area (Å²) in [6.45, 7) is 4.82. The third-order valence-corrected chi connectivity index (χ3v) is 4.92. The normalized spacial score (nSPS) is 21.7. The highest BCUT2D eigenvalue weighted by atomic mass is 15.4. The number of anilines is 1. The quantitative estimate of drug-likeness (QED) is 0.903. The fourth-order valence-corrected chi connectivity index (χ4v) is 3.46. The molecule has 0 aromatic carbocycles. The summed E-state index contributed by atoms with van der Waals surface area (Å²) in [5.74, 6) is 1.59. The summed E-state index contributed by atoms with van der Waals surface area (Å²) in [7, 11) is 0. The molecule has 1 unspecified atom stereocenters. The van der Waals surface area contributed by atoms with Crippen molar-refractivity contribution in [2.24, 2.45) is 5.92 Å². The average Bonchev–Trinajstić information content (AvgIpc) is 3.00. The van der Waals surface area contributed by atoms with Crippen LogP contribution in [0.25, 0.3) is 11.1 Å². The van der Waals surface area contributed by atoms with Gasteiger partial charge in [0.2, 0.25) is 0 Å². The van der Waals surface area contributed by atoms with E-state index in [4.69, 9.17) is 5.26 Å². The molecule has 1 atom stereocenters. The minimum absolute atomic E-state index is 0.189. The van der Waals surface area contributed by atoms with Crippen LogP contribution >= 0.6 is 0 Å². The molecule has 2 aromatic heterocycles. The Hall–Kier alpha value is -2.39. The zero-order valence-corrected chi connectivity index (χ0v) is 13.2. The number of nitrogens with one attached hydrogen (secondary N) is 2. The van der Waals surface area contributed by atoms with Crippen molar-refractivity contribution in [2.45, 2.75) is 25.3 Å². The molecular formula is C17H20N6. The number of nitrogens with zero attached hydrogens (tertiary/aromatic N) is 4. The SMILES string of the molecule is CC1CNc2nccc(-c3cnn(C4(CC#N)CNC4)c3)c2C1. The van der Waals surface area contributed by atoms with Crippen molar-refractivity contribution < 1.29 is 0 Å². The number of rotatable bonds is 3. The maximum absolute atomic E-state index is 9.10. The molecule has 0 aliphatic carbocycles. The van der Waals surface area contributed by atoms with E-state index in [1.54, 1.807) is 0 Å². The lowest BCUT2D eigenvalue weighted by Crippen LogP contribution is -2.60. The molecule has 4 heterocycles. The number of nitriles is 1. The van der Waals surface area contributed by atoms with Crippen LogP contribution in [0.5, 0.6) is 0 Å². The van der Waals surface area contributed by atoms with Crippen LogP contribution in [0.3, 0.4) is 0 Å². The van der Waals surface area contributed by atoms with E-state index in [-0.39, 0.29) is 5.54 Å². The van der Waals surface area contributed by atoms with Crippen LogP contribution < -0.4 is 10.6 Å². The van der Waals surface area contributed by atoms with Gasteiger partial charge in [0, 0.05) is 43.2 Å². The molecule has 118 valence electrons. The zero-order valence-electron chi connectivity index (χ0n) is 13.2. The van der Waals surface area contributed by atoms with Gasteiger partial charge in [-0.15, -0.1) is 0 Å². The van der Waals surface area contributed by atoms with E-state index in [2.05, 4.69) is 46.0 Å². The van der Waals surface area contributed by atoms with Crippen LogP contribution in [0.15, 0.2) is 24.7 Å². The predicted molar refractivity (Wildman–Crippen MR) is 87.9 cm³/mol. The molecule has 6 heteroatoms. The second-order valence-electron chi connectivity index (χ2n) is 6.71. The Kier molecular flexibility index (Phi) is 3.31. The average molecular weight is 308 g/mol. The molecule has 2 aliphatic rings. The zero-order chi connectivity index (χ0) is 15.9. The fraction of sp³-hybridized carbons (Fsp3) is 0.471. The van der Waals surface area contributed by atoms with Gasteiger partial charge in [-0.2, -0.15) is 10.4 Å². The molecule has 2 N–H and O–H groups in total. The van der Waals surface area contributed by atoms with Crippen LogP contribution in [-0.2, 0) is 12.0 Å². The lowest BCUT2D eigenvalue weighted by Gasteiger charge is -2.41. The van der Waals surface area contributed by atoms with Gasteiger partial charge in [-0.3, -0.25) is 4.68 Å². The summed E-state index contributed by atoms with van der Waals surface area (Å²) < 4.78 is 1.97. The molecule has 23 heavy (non-hydrogen) atoms. The number of hydrogen-bond acceptors (Lipinski definition) is 5. The highest BCUT2D eigenvalue weighted by Crippen LogP contribution is 2.34. The minimum Gasteiger partial charge on any atom is -0.370 e. The molecule has 1 saturated heterocycles. The fourth-order valence-electron chi connectivity index (χ4n) is 3.46.